The predicted octanol–water partition coefficient (Wildman–Crippen LogP) is 4.36. The zero-order chi connectivity index (χ0) is 22.7. The van der Waals surface area contributed by atoms with Crippen molar-refractivity contribution in [2.45, 2.75) is 31.5 Å². The summed E-state index contributed by atoms with van der Waals surface area (Å²) in [5.41, 5.74) is 8.36. The lowest BCUT2D eigenvalue weighted by atomic mass is 10.1. The summed E-state index contributed by atoms with van der Waals surface area (Å²) >= 11 is 0. The molecule has 1 atom stereocenters. The first kappa shape index (κ1) is 21.9. The first-order valence-electron chi connectivity index (χ1n) is 10.2. The van der Waals surface area contributed by atoms with E-state index in [1.165, 1.54) is 10.7 Å². The first-order valence-corrected chi connectivity index (χ1v) is 10.2. The predicted molar refractivity (Wildman–Crippen MR) is 115 cm³/mol. The molecule has 9 heteroatoms. The Morgan fingerprint density at radius 3 is 2.59 bits per heavy atom. The minimum atomic E-state index is -4.80. The van der Waals surface area contributed by atoms with Crippen LogP contribution in [0.1, 0.15) is 30.3 Å². The highest BCUT2D eigenvalue weighted by Gasteiger charge is 2.40. The molecule has 3 heterocycles. The summed E-state index contributed by atoms with van der Waals surface area (Å²) in [5, 5.41) is 14.6. The van der Waals surface area contributed by atoms with Crippen molar-refractivity contribution in [2.75, 3.05) is 6.54 Å². The van der Waals surface area contributed by atoms with E-state index >= 15 is 0 Å². The number of alkyl halides is 3. The van der Waals surface area contributed by atoms with Crippen LogP contribution in [0.2, 0.25) is 0 Å². The lowest BCUT2D eigenvalue weighted by Gasteiger charge is -2.14. The molecule has 0 bridgehead atoms. The maximum atomic E-state index is 12.9. The molecule has 1 aromatic carbocycles. The summed E-state index contributed by atoms with van der Waals surface area (Å²) in [7, 11) is 0. The van der Waals surface area contributed by atoms with Crippen molar-refractivity contribution in [2.24, 2.45) is 5.73 Å². The van der Waals surface area contributed by atoms with Crippen molar-refractivity contribution >= 4 is 10.9 Å². The van der Waals surface area contributed by atoms with E-state index in [0.29, 0.717) is 12.1 Å². The van der Waals surface area contributed by atoms with Gasteiger partial charge >= 0.3 is 6.18 Å². The molecular weight excluding hydrogens is 419 g/mol. The molecule has 166 valence electrons. The lowest BCUT2D eigenvalue weighted by Crippen LogP contribution is -2.21. The summed E-state index contributed by atoms with van der Waals surface area (Å²) in [6, 6.07) is 15.6. The van der Waals surface area contributed by atoms with E-state index in [2.05, 4.69) is 10.1 Å². The van der Waals surface area contributed by atoms with E-state index in [0.717, 1.165) is 47.7 Å². The van der Waals surface area contributed by atoms with Crippen molar-refractivity contribution < 1.29 is 18.3 Å². The minimum absolute atomic E-state index is 0.182. The van der Waals surface area contributed by atoms with E-state index in [9.17, 15) is 18.3 Å². The average Bonchev–Trinajstić information content (AvgIpc) is 3.22. The maximum Gasteiger partial charge on any atom is 0.420 e. The second-order valence-corrected chi connectivity index (χ2v) is 7.45. The Hall–Kier alpha value is -3.30. The summed E-state index contributed by atoms with van der Waals surface area (Å²) in [6.07, 6.45) is -3.11. The SMILES string of the molecule is NCCCCc1cccc(-c2ccc3cnn(-c4cccc([C@H](O)C(F)(F)F)n4)c3c2)n1. The van der Waals surface area contributed by atoms with Crippen molar-refractivity contribution in [1.29, 1.82) is 0 Å². The van der Waals surface area contributed by atoms with Gasteiger partial charge in [-0.1, -0.05) is 24.3 Å². The molecule has 0 saturated carbocycles. The highest BCUT2D eigenvalue weighted by molar-refractivity contribution is 5.84. The van der Waals surface area contributed by atoms with Gasteiger partial charge in [0.1, 0.15) is 0 Å². The van der Waals surface area contributed by atoms with Crippen LogP contribution in [0, 0.1) is 0 Å². The second kappa shape index (κ2) is 9.05. The number of nitrogens with zero attached hydrogens (tertiary/aromatic N) is 4. The maximum absolute atomic E-state index is 12.9. The Morgan fingerprint density at radius 2 is 1.81 bits per heavy atom. The first-order chi connectivity index (χ1) is 15.4. The molecule has 0 spiro atoms. The Balaban J connectivity index is 1.70. The summed E-state index contributed by atoms with van der Waals surface area (Å²) in [4.78, 5) is 8.72. The smallest absolute Gasteiger partial charge is 0.378 e. The standard InChI is InChI=1S/C23H22F3N5O/c24-23(25,26)22(32)19-8-4-9-21(30-19)31-20-13-15(10-11-16(20)14-28-31)18-7-3-6-17(29-18)5-1-2-12-27/h3-4,6-11,13-14,22,32H,1-2,5,12,27H2/t22-/m0/s1. The van der Waals surface area contributed by atoms with Crippen molar-refractivity contribution in [3.8, 4) is 17.1 Å². The van der Waals surface area contributed by atoms with Crippen LogP contribution < -0.4 is 5.73 Å². The van der Waals surface area contributed by atoms with Gasteiger partial charge in [0, 0.05) is 16.6 Å². The number of aliphatic hydroxyl groups excluding tert-OH is 1. The Labute approximate surface area is 182 Å². The third kappa shape index (κ3) is 4.63. The topological polar surface area (TPSA) is 89.8 Å². The zero-order valence-corrected chi connectivity index (χ0v) is 17.1. The fourth-order valence-corrected chi connectivity index (χ4v) is 3.47. The number of hydrogen-bond acceptors (Lipinski definition) is 5. The number of aromatic nitrogens is 4. The van der Waals surface area contributed by atoms with E-state index in [1.807, 2.05) is 36.4 Å². The van der Waals surface area contributed by atoms with Gasteiger partial charge in [0.15, 0.2) is 11.9 Å². The normalized spacial score (nSPS) is 12.9. The van der Waals surface area contributed by atoms with Crippen molar-refractivity contribution in [3.05, 3.63) is 72.2 Å². The van der Waals surface area contributed by atoms with Crippen LogP contribution in [0.25, 0.3) is 28.0 Å². The fourth-order valence-electron chi connectivity index (χ4n) is 3.47. The molecule has 32 heavy (non-hydrogen) atoms. The molecule has 6 nitrogen and oxygen atoms in total. The van der Waals surface area contributed by atoms with Gasteiger partial charge in [-0.15, -0.1) is 0 Å². The van der Waals surface area contributed by atoms with Crippen LogP contribution in [0.5, 0.6) is 0 Å². The number of fused-ring (bicyclic) bond motifs is 1. The number of rotatable bonds is 7. The summed E-state index contributed by atoms with van der Waals surface area (Å²) in [6.45, 7) is 0.648. The molecule has 4 rings (SSSR count). The molecule has 0 aliphatic heterocycles. The lowest BCUT2D eigenvalue weighted by molar-refractivity contribution is -0.207. The third-order valence-corrected chi connectivity index (χ3v) is 5.12. The van der Waals surface area contributed by atoms with Gasteiger partial charge in [-0.3, -0.25) is 4.98 Å². The highest BCUT2D eigenvalue weighted by atomic mass is 19.4. The van der Waals surface area contributed by atoms with Crippen LogP contribution in [0.4, 0.5) is 13.2 Å². The van der Waals surface area contributed by atoms with E-state index in [-0.39, 0.29) is 5.82 Å². The number of halogens is 3. The Morgan fingerprint density at radius 1 is 1.00 bits per heavy atom. The number of nitrogens with two attached hydrogens (primary N) is 1. The molecule has 4 aromatic rings. The number of benzene rings is 1. The van der Waals surface area contributed by atoms with Gasteiger partial charge < -0.3 is 10.8 Å². The molecule has 3 N–H and O–H groups in total. The van der Waals surface area contributed by atoms with Gasteiger partial charge in [0.2, 0.25) is 0 Å². The zero-order valence-electron chi connectivity index (χ0n) is 17.1. The molecule has 0 amide bonds. The van der Waals surface area contributed by atoms with E-state index < -0.39 is 18.0 Å². The molecule has 0 aliphatic carbocycles. The number of aliphatic hydroxyl groups is 1. The fraction of sp³-hybridized carbons (Fsp3) is 0.261. The summed E-state index contributed by atoms with van der Waals surface area (Å²) < 4.78 is 40.2. The van der Waals surface area contributed by atoms with Crippen LogP contribution in [-0.4, -0.2) is 37.6 Å². The van der Waals surface area contributed by atoms with Crippen LogP contribution in [0.15, 0.2) is 60.8 Å². The number of hydrogen-bond donors (Lipinski definition) is 2. The minimum Gasteiger partial charge on any atom is -0.378 e. The second-order valence-electron chi connectivity index (χ2n) is 7.45. The monoisotopic (exact) mass is 441 g/mol. The molecule has 0 unspecified atom stereocenters. The quantitative estimate of drug-likeness (QED) is 0.416. The van der Waals surface area contributed by atoms with Crippen LogP contribution in [-0.2, 0) is 6.42 Å². The van der Waals surface area contributed by atoms with Gasteiger partial charge in [0.05, 0.1) is 23.1 Å². The molecule has 0 aliphatic rings. The van der Waals surface area contributed by atoms with E-state index in [4.69, 9.17) is 10.7 Å². The molecule has 3 aromatic heterocycles. The average molecular weight is 441 g/mol. The van der Waals surface area contributed by atoms with E-state index in [1.54, 1.807) is 12.3 Å². The number of unbranched alkanes of at least 4 members (excludes halogenated alkanes) is 1. The third-order valence-electron chi connectivity index (χ3n) is 5.12. The molecular formula is C23H22F3N5O. The van der Waals surface area contributed by atoms with Crippen LogP contribution >= 0.6 is 0 Å². The Kier molecular flexibility index (Phi) is 6.20. The van der Waals surface area contributed by atoms with Crippen LogP contribution in [0.3, 0.4) is 0 Å². The van der Waals surface area contributed by atoms with Gasteiger partial charge in [-0.05, 0) is 56.1 Å². The molecule has 0 radical (unpaired) electrons. The number of aryl methyl sites for hydroxylation is 1. The van der Waals surface area contributed by atoms with Crippen molar-refractivity contribution in [1.82, 2.24) is 19.7 Å². The Bertz CT molecular complexity index is 1220. The largest absolute Gasteiger partial charge is 0.420 e. The molecule has 0 saturated heterocycles. The van der Waals surface area contributed by atoms with Gasteiger partial charge in [-0.25, -0.2) is 9.67 Å². The van der Waals surface area contributed by atoms with Gasteiger partial charge in [-0.2, -0.15) is 18.3 Å². The number of pyridine rings is 2. The molecule has 0 fully saturated rings. The summed E-state index contributed by atoms with van der Waals surface area (Å²) in [5.74, 6) is 0.182. The highest BCUT2D eigenvalue weighted by Crippen LogP contribution is 2.32. The van der Waals surface area contributed by atoms with Crippen molar-refractivity contribution in [3.63, 3.8) is 0 Å². The van der Waals surface area contributed by atoms with Gasteiger partial charge in [0.25, 0.3) is 0 Å².